The molecular formula is C17H28N2O2. The van der Waals surface area contributed by atoms with Gasteiger partial charge >= 0.3 is 0 Å². The molecule has 3 rings (SSSR count). The third-order valence-electron chi connectivity index (χ3n) is 5.79. The largest absolute Gasteiger partial charge is 0.342 e. The van der Waals surface area contributed by atoms with E-state index in [9.17, 15) is 9.59 Å². The summed E-state index contributed by atoms with van der Waals surface area (Å²) >= 11 is 0. The summed E-state index contributed by atoms with van der Waals surface area (Å²) < 4.78 is 0. The molecule has 4 nitrogen and oxygen atoms in total. The van der Waals surface area contributed by atoms with Gasteiger partial charge < -0.3 is 10.2 Å². The molecule has 3 aliphatic rings. The first-order valence-electron chi connectivity index (χ1n) is 8.71. The molecule has 2 amide bonds. The van der Waals surface area contributed by atoms with E-state index in [2.05, 4.69) is 12.2 Å². The van der Waals surface area contributed by atoms with Gasteiger partial charge in [0.2, 0.25) is 11.8 Å². The maximum absolute atomic E-state index is 12.7. The first-order valence-corrected chi connectivity index (χ1v) is 8.71. The van der Waals surface area contributed by atoms with Gasteiger partial charge in [0.05, 0.1) is 0 Å². The van der Waals surface area contributed by atoms with Crippen LogP contribution in [0.2, 0.25) is 0 Å². The topological polar surface area (TPSA) is 49.4 Å². The maximum Gasteiger partial charge on any atom is 0.246 e. The van der Waals surface area contributed by atoms with Crippen molar-refractivity contribution in [3.8, 4) is 0 Å². The van der Waals surface area contributed by atoms with Gasteiger partial charge in [-0.3, -0.25) is 9.59 Å². The number of hydrogen-bond acceptors (Lipinski definition) is 2. The fourth-order valence-corrected chi connectivity index (χ4v) is 3.94. The van der Waals surface area contributed by atoms with Crippen LogP contribution in [0.25, 0.3) is 0 Å². The molecule has 118 valence electrons. The van der Waals surface area contributed by atoms with Crippen LogP contribution >= 0.6 is 0 Å². The summed E-state index contributed by atoms with van der Waals surface area (Å²) in [4.78, 5) is 26.7. The van der Waals surface area contributed by atoms with Crippen molar-refractivity contribution < 1.29 is 9.59 Å². The molecule has 0 aromatic rings. The molecule has 1 saturated heterocycles. The van der Waals surface area contributed by atoms with Gasteiger partial charge in [-0.25, -0.2) is 0 Å². The highest BCUT2D eigenvalue weighted by Gasteiger charge is 2.45. The molecule has 21 heavy (non-hydrogen) atoms. The van der Waals surface area contributed by atoms with Crippen molar-refractivity contribution in [2.75, 3.05) is 6.54 Å². The Labute approximate surface area is 127 Å². The summed E-state index contributed by atoms with van der Waals surface area (Å²) in [6, 6.07) is -0.530. The molecule has 2 aliphatic carbocycles. The van der Waals surface area contributed by atoms with E-state index in [0.29, 0.717) is 11.8 Å². The molecule has 2 unspecified atom stereocenters. The fraction of sp³-hybridized carbons (Fsp3) is 0.882. The summed E-state index contributed by atoms with van der Waals surface area (Å²) in [6.07, 6.45) is 8.44. The summed E-state index contributed by atoms with van der Waals surface area (Å²) in [5, 5.41) is 2.93. The average molecular weight is 292 g/mol. The van der Waals surface area contributed by atoms with E-state index in [1.165, 1.54) is 32.1 Å². The van der Waals surface area contributed by atoms with Crippen LogP contribution in [0.3, 0.4) is 0 Å². The molecule has 4 heteroatoms. The smallest absolute Gasteiger partial charge is 0.246 e. The van der Waals surface area contributed by atoms with Crippen LogP contribution in [0.15, 0.2) is 0 Å². The van der Waals surface area contributed by atoms with E-state index in [0.717, 1.165) is 25.3 Å². The van der Waals surface area contributed by atoms with Crippen molar-refractivity contribution >= 4 is 11.8 Å². The predicted molar refractivity (Wildman–Crippen MR) is 81.6 cm³/mol. The minimum atomic E-state index is -0.295. The molecule has 0 bridgehead atoms. The Kier molecular flexibility index (Phi) is 4.23. The second kappa shape index (κ2) is 5.98. The Hall–Kier alpha value is -1.06. The van der Waals surface area contributed by atoms with Gasteiger partial charge in [-0.2, -0.15) is 0 Å². The van der Waals surface area contributed by atoms with Crippen molar-refractivity contribution in [1.29, 1.82) is 0 Å². The fourth-order valence-electron chi connectivity index (χ4n) is 3.94. The number of rotatable bonds is 4. The van der Waals surface area contributed by atoms with Gasteiger partial charge in [0, 0.05) is 6.54 Å². The van der Waals surface area contributed by atoms with Crippen molar-refractivity contribution in [1.82, 2.24) is 10.2 Å². The zero-order valence-electron chi connectivity index (χ0n) is 13.3. The monoisotopic (exact) mass is 292 g/mol. The lowest BCUT2D eigenvalue weighted by Gasteiger charge is -2.40. The summed E-state index contributed by atoms with van der Waals surface area (Å²) in [6.45, 7) is 4.92. The highest BCUT2D eigenvalue weighted by atomic mass is 16.2. The van der Waals surface area contributed by atoms with Crippen LogP contribution in [0.1, 0.15) is 58.8 Å². The van der Waals surface area contributed by atoms with Crippen molar-refractivity contribution in [3.63, 3.8) is 0 Å². The van der Waals surface area contributed by atoms with Crippen LogP contribution in [-0.4, -0.2) is 35.3 Å². The zero-order valence-corrected chi connectivity index (χ0v) is 13.3. The predicted octanol–water partition coefficient (Wildman–Crippen LogP) is 2.33. The lowest BCUT2D eigenvalue weighted by molar-refractivity contribution is -0.150. The number of nitrogens with one attached hydrogen (secondary N) is 1. The number of nitrogens with zero attached hydrogens (tertiary/aromatic N) is 1. The minimum Gasteiger partial charge on any atom is -0.342 e. The molecule has 1 N–H and O–H groups in total. The standard InChI is InChI=1S/C17H28N2O2/c1-3-12-4-6-13(7-5-12)10-19-11(2)16(20)18-15(17(19)21)14-8-9-14/h11-15H,3-10H2,1-2H3,(H,18,20). The maximum atomic E-state index is 12.7. The summed E-state index contributed by atoms with van der Waals surface area (Å²) in [5.41, 5.74) is 0. The van der Waals surface area contributed by atoms with Crippen LogP contribution in [0.4, 0.5) is 0 Å². The molecule has 0 aromatic carbocycles. The highest BCUT2D eigenvalue weighted by Crippen LogP contribution is 2.36. The van der Waals surface area contributed by atoms with Crippen LogP contribution in [0.5, 0.6) is 0 Å². The number of hydrogen-bond donors (Lipinski definition) is 1. The van der Waals surface area contributed by atoms with Crippen molar-refractivity contribution in [2.24, 2.45) is 17.8 Å². The number of amides is 2. The van der Waals surface area contributed by atoms with Gasteiger partial charge in [-0.15, -0.1) is 0 Å². The van der Waals surface area contributed by atoms with Gasteiger partial charge in [0.15, 0.2) is 0 Å². The van der Waals surface area contributed by atoms with Gasteiger partial charge in [0.1, 0.15) is 12.1 Å². The zero-order chi connectivity index (χ0) is 15.0. The molecule has 0 aromatic heterocycles. The Bertz CT molecular complexity index is 411. The molecule has 2 saturated carbocycles. The second-order valence-electron chi connectivity index (χ2n) is 7.29. The molecular weight excluding hydrogens is 264 g/mol. The summed E-state index contributed by atoms with van der Waals surface area (Å²) in [7, 11) is 0. The molecule has 1 aliphatic heterocycles. The van der Waals surface area contributed by atoms with E-state index < -0.39 is 0 Å². The highest BCUT2D eigenvalue weighted by molar-refractivity contribution is 5.97. The number of carbonyl (C=O) groups is 2. The number of piperazine rings is 1. The molecule has 1 heterocycles. The van der Waals surface area contributed by atoms with Crippen LogP contribution in [0, 0.1) is 17.8 Å². The first-order chi connectivity index (χ1) is 10.1. The molecule has 2 atom stereocenters. The van der Waals surface area contributed by atoms with Gasteiger partial charge in [-0.1, -0.05) is 26.2 Å². The normalized spacial score (nSPS) is 37.5. The van der Waals surface area contributed by atoms with Gasteiger partial charge in [0.25, 0.3) is 0 Å². The Morgan fingerprint density at radius 3 is 2.24 bits per heavy atom. The Morgan fingerprint density at radius 2 is 1.67 bits per heavy atom. The first kappa shape index (κ1) is 14.9. The third-order valence-corrected chi connectivity index (χ3v) is 5.79. The SMILES string of the molecule is CCC1CCC(CN2C(=O)C(C3CC3)NC(=O)C2C)CC1. The lowest BCUT2D eigenvalue weighted by atomic mass is 9.80. The Morgan fingerprint density at radius 1 is 1.05 bits per heavy atom. The van der Waals surface area contributed by atoms with E-state index in [1.54, 1.807) is 0 Å². The van der Waals surface area contributed by atoms with Crippen LogP contribution in [-0.2, 0) is 9.59 Å². The summed E-state index contributed by atoms with van der Waals surface area (Å²) in [5.74, 6) is 2.06. The van der Waals surface area contributed by atoms with E-state index in [4.69, 9.17) is 0 Å². The lowest BCUT2D eigenvalue weighted by Crippen LogP contribution is -2.63. The average Bonchev–Trinajstić information content (AvgIpc) is 3.32. The second-order valence-corrected chi connectivity index (χ2v) is 7.29. The minimum absolute atomic E-state index is 0.0359. The number of carbonyl (C=O) groups excluding carboxylic acids is 2. The quantitative estimate of drug-likeness (QED) is 0.864. The van der Waals surface area contributed by atoms with Crippen molar-refractivity contribution in [2.45, 2.75) is 70.9 Å². The van der Waals surface area contributed by atoms with E-state index >= 15 is 0 Å². The van der Waals surface area contributed by atoms with E-state index in [1.807, 2.05) is 11.8 Å². The molecule has 0 radical (unpaired) electrons. The third kappa shape index (κ3) is 3.09. The van der Waals surface area contributed by atoms with Gasteiger partial charge in [-0.05, 0) is 50.4 Å². The van der Waals surface area contributed by atoms with Crippen LogP contribution < -0.4 is 5.32 Å². The molecule has 0 spiro atoms. The molecule has 3 fully saturated rings. The van der Waals surface area contributed by atoms with Crippen molar-refractivity contribution in [3.05, 3.63) is 0 Å². The Balaban J connectivity index is 1.62. The van der Waals surface area contributed by atoms with E-state index in [-0.39, 0.29) is 23.9 Å².